The monoisotopic (exact) mass is 390 g/mol. The van der Waals surface area contributed by atoms with E-state index in [1.165, 1.54) is 12.8 Å². The molecule has 1 aliphatic carbocycles. The van der Waals surface area contributed by atoms with E-state index in [0.29, 0.717) is 11.9 Å². The lowest BCUT2D eigenvalue weighted by molar-refractivity contribution is -0.642. The van der Waals surface area contributed by atoms with Crippen LogP contribution in [0.5, 0.6) is 0 Å². The number of hydrogen-bond donors (Lipinski definition) is 2. The highest BCUT2D eigenvalue weighted by Gasteiger charge is 2.26. The zero-order valence-corrected chi connectivity index (χ0v) is 15.8. The molecule has 1 saturated carbocycles. The Balaban J connectivity index is 1.34. The minimum Gasteiger partial charge on any atom is -0.418 e. The van der Waals surface area contributed by atoms with E-state index in [-0.39, 0.29) is 5.89 Å². The second-order valence-electron chi connectivity index (χ2n) is 7.10. The summed E-state index contributed by atoms with van der Waals surface area (Å²) < 4.78 is 9.44. The number of aliphatic hydroxyl groups is 1. The second kappa shape index (κ2) is 7.10. The molecule has 1 fully saturated rings. The summed E-state index contributed by atoms with van der Waals surface area (Å²) in [7, 11) is 0. The maximum Gasteiger partial charge on any atom is 0.248 e. The molecular formula is C20H20N7O2+. The van der Waals surface area contributed by atoms with Crippen LogP contribution in [0.2, 0.25) is 0 Å². The Bertz CT molecular complexity index is 1130. The fourth-order valence-electron chi connectivity index (χ4n) is 3.11. The van der Waals surface area contributed by atoms with Gasteiger partial charge in [0.2, 0.25) is 24.2 Å². The summed E-state index contributed by atoms with van der Waals surface area (Å²) in [5, 5.41) is 25.7. The van der Waals surface area contributed by atoms with Gasteiger partial charge in [-0.05, 0) is 31.9 Å². The third kappa shape index (κ3) is 3.59. The van der Waals surface area contributed by atoms with Crippen LogP contribution in [0.3, 0.4) is 0 Å². The van der Waals surface area contributed by atoms with Gasteiger partial charge >= 0.3 is 0 Å². The van der Waals surface area contributed by atoms with Gasteiger partial charge in [-0.1, -0.05) is 16.8 Å². The van der Waals surface area contributed by atoms with Crippen LogP contribution >= 0.6 is 0 Å². The van der Waals surface area contributed by atoms with E-state index in [1.54, 1.807) is 13.3 Å². The molecule has 3 heterocycles. The van der Waals surface area contributed by atoms with Crippen LogP contribution in [-0.4, -0.2) is 30.1 Å². The van der Waals surface area contributed by atoms with E-state index >= 15 is 0 Å². The Morgan fingerprint density at radius 1 is 1.14 bits per heavy atom. The SMILES string of the molecule is CC(O)c1nnc(-c2cc[n+](Nc3cccc(-c4nncn4C4CC4)c3)cc2)o1. The van der Waals surface area contributed by atoms with Crippen molar-refractivity contribution in [2.45, 2.75) is 31.9 Å². The summed E-state index contributed by atoms with van der Waals surface area (Å²) >= 11 is 0. The lowest BCUT2D eigenvalue weighted by Gasteiger charge is -2.06. The van der Waals surface area contributed by atoms with Crippen LogP contribution in [0.15, 0.2) is 59.5 Å². The molecule has 0 aliphatic heterocycles. The van der Waals surface area contributed by atoms with Crippen molar-refractivity contribution in [3.8, 4) is 22.8 Å². The van der Waals surface area contributed by atoms with Gasteiger partial charge < -0.3 is 14.1 Å². The largest absolute Gasteiger partial charge is 0.418 e. The first-order chi connectivity index (χ1) is 14.2. The van der Waals surface area contributed by atoms with Gasteiger partial charge in [0.25, 0.3) is 0 Å². The van der Waals surface area contributed by atoms with Gasteiger partial charge in [-0.15, -0.1) is 20.4 Å². The van der Waals surface area contributed by atoms with Crippen molar-refractivity contribution in [1.29, 1.82) is 0 Å². The summed E-state index contributed by atoms with van der Waals surface area (Å²) in [6, 6.07) is 12.3. The molecule has 1 atom stereocenters. The fraction of sp³-hybridized carbons (Fsp3) is 0.250. The van der Waals surface area contributed by atoms with Crippen molar-refractivity contribution in [2.24, 2.45) is 0 Å². The number of anilines is 1. The van der Waals surface area contributed by atoms with Crippen LogP contribution in [-0.2, 0) is 0 Å². The standard InChI is InChI=1S/C20H20N7O2/c1-13(28)19-23-24-20(29-19)14-7-9-26(10-8-14)25-16-4-2-3-15(11-16)18-22-21-12-27(18)17-5-6-17/h2-4,7-13,17,25,28H,5-6H2,1H3/q+1. The topological polar surface area (TPSA) is 106 Å². The van der Waals surface area contributed by atoms with Crippen LogP contribution < -0.4 is 10.1 Å². The van der Waals surface area contributed by atoms with Crippen molar-refractivity contribution in [3.05, 3.63) is 61.0 Å². The first-order valence-corrected chi connectivity index (χ1v) is 9.47. The zero-order chi connectivity index (χ0) is 19.8. The predicted molar refractivity (Wildman–Crippen MR) is 103 cm³/mol. The number of hydrogen-bond acceptors (Lipinski definition) is 7. The van der Waals surface area contributed by atoms with Crippen LogP contribution in [0.4, 0.5) is 5.69 Å². The van der Waals surface area contributed by atoms with Crippen molar-refractivity contribution in [2.75, 3.05) is 5.43 Å². The third-order valence-electron chi connectivity index (χ3n) is 4.77. The molecule has 4 aromatic rings. The van der Waals surface area contributed by atoms with Crippen LogP contribution in [0.25, 0.3) is 22.8 Å². The Morgan fingerprint density at radius 2 is 1.97 bits per heavy atom. The molecule has 1 unspecified atom stereocenters. The highest BCUT2D eigenvalue weighted by molar-refractivity contribution is 5.62. The molecule has 5 rings (SSSR count). The molecule has 9 heteroatoms. The van der Waals surface area contributed by atoms with E-state index in [0.717, 1.165) is 22.6 Å². The van der Waals surface area contributed by atoms with E-state index in [1.807, 2.05) is 47.4 Å². The van der Waals surface area contributed by atoms with Crippen molar-refractivity contribution < 1.29 is 14.2 Å². The lowest BCUT2D eigenvalue weighted by atomic mass is 10.2. The van der Waals surface area contributed by atoms with Gasteiger partial charge in [-0.25, -0.2) is 0 Å². The maximum absolute atomic E-state index is 9.51. The van der Waals surface area contributed by atoms with Crippen molar-refractivity contribution >= 4 is 5.69 Å². The normalized spacial score (nSPS) is 14.7. The summed E-state index contributed by atoms with van der Waals surface area (Å²) in [5.41, 5.74) is 6.05. The number of pyridine rings is 1. The molecule has 1 aromatic carbocycles. The summed E-state index contributed by atoms with van der Waals surface area (Å²) in [4.78, 5) is 0. The molecule has 0 amide bonds. The molecule has 0 bridgehead atoms. The molecule has 3 aromatic heterocycles. The van der Waals surface area contributed by atoms with Gasteiger partial charge in [0.1, 0.15) is 12.4 Å². The molecule has 1 aliphatic rings. The lowest BCUT2D eigenvalue weighted by Crippen LogP contribution is -2.41. The Morgan fingerprint density at radius 3 is 2.69 bits per heavy atom. The van der Waals surface area contributed by atoms with E-state index in [2.05, 4.69) is 36.5 Å². The smallest absolute Gasteiger partial charge is 0.248 e. The van der Waals surface area contributed by atoms with Gasteiger partial charge in [-0.2, -0.15) is 5.43 Å². The quantitative estimate of drug-likeness (QED) is 0.487. The van der Waals surface area contributed by atoms with Gasteiger partial charge in [0.15, 0.2) is 5.82 Å². The average molecular weight is 390 g/mol. The highest BCUT2D eigenvalue weighted by Crippen LogP contribution is 2.37. The van der Waals surface area contributed by atoms with Crippen LogP contribution in [0, 0.1) is 0 Å². The Kier molecular flexibility index (Phi) is 4.28. The Hall–Kier alpha value is -3.59. The zero-order valence-electron chi connectivity index (χ0n) is 15.8. The number of aliphatic hydroxyl groups excluding tert-OH is 1. The number of aromatic nitrogens is 6. The van der Waals surface area contributed by atoms with E-state index in [9.17, 15) is 5.11 Å². The molecule has 2 N–H and O–H groups in total. The molecule has 0 spiro atoms. The predicted octanol–water partition coefficient (Wildman–Crippen LogP) is 2.55. The Labute approximate surface area is 166 Å². The summed E-state index contributed by atoms with van der Waals surface area (Å²) in [6.07, 6.45) is 7.11. The average Bonchev–Trinajstić information content (AvgIpc) is 3.25. The van der Waals surface area contributed by atoms with Gasteiger partial charge in [0.05, 0.1) is 11.3 Å². The maximum atomic E-state index is 9.51. The number of nitrogens with zero attached hydrogens (tertiary/aromatic N) is 6. The molecular weight excluding hydrogens is 370 g/mol. The second-order valence-corrected chi connectivity index (χ2v) is 7.10. The van der Waals surface area contributed by atoms with E-state index < -0.39 is 6.10 Å². The third-order valence-corrected chi connectivity index (χ3v) is 4.77. The number of rotatable bonds is 6. The number of benzene rings is 1. The molecule has 146 valence electrons. The first-order valence-electron chi connectivity index (χ1n) is 9.47. The molecule has 9 nitrogen and oxygen atoms in total. The van der Waals surface area contributed by atoms with E-state index in [4.69, 9.17) is 4.42 Å². The first kappa shape index (κ1) is 17.5. The van der Waals surface area contributed by atoms with Crippen LogP contribution in [0.1, 0.15) is 37.8 Å². The molecule has 29 heavy (non-hydrogen) atoms. The van der Waals surface area contributed by atoms with Gasteiger partial charge in [-0.3, -0.25) is 0 Å². The number of nitrogens with one attached hydrogen (secondary N) is 1. The summed E-state index contributed by atoms with van der Waals surface area (Å²) in [6.45, 7) is 1.58. The highest BCUT2D eigenvalue weighted by atomic mass is 16.4. The molecule has 0 saturated heterocycles. The van der Waals surface area contributed by atoms with Crippen molar-refractivity contribution in [1.82, 2.24) is 25.0 Å². The van der Waals surface area contributed by atoms with Gasteiger partial charge in [0, 0.05) is 23.7 Å². The van der Waals surface area contributed by atoms with Crippen molar-refractivity contribution in [3.63, 3.8) is 0 Å². The minimum atomic E-state index is -0.787. The molecule has 0 radical (unpaired) electrons. The minimum absolute atomic E-state index is 0.200. The summed E-state index contributed by atoms with van der Waals surface area (Å²) in [5.74, 6) is 1.46. The fourth-order valence-corrected chi connectivity index (χ4v) is 3.11.